The van der Waals surface area contributed by atoms with Crippen LogP contribution in [0.2, 0.25) is 0 Å². The molecule has 1 aromatic rings. The standard InChI is InChI=1S/C13H19FN2/c1-10(8-16-13-5-6-13)15-9-11-3-2-4-12(14)7-11/h2-4,7,10,13,15-16H,5-6,8-9H2,1H3. The average molecular weight is 222 g/mol. The Morgan fingerprint density at radius 3 is 2.94 bits per heavy atom. The van der Waals surface area contributed by atoms with Crippen molar-refractivity contribution in [3.63, 3.8) is 0 Å². The summed E-state index contributed by atoms with van der Waals surface area (Å²) in [5.74, 6) is -0.164. The molecule has 0 spiro atoms. The molecule has 16 heavy (non-hydrogen) atoms. The highest BCUT2D eigenvalue weighted by atomic mass is 19.1. The quantitative estimate of drug-likeness (QED) is 0.770. The summed E-state index contributed by atoms with van der Waals surface area (Å²) in [6.45, 7) is 3.86. The zero-order chi connectivity index (χ0) is 11.4. The first-order chi connectivity index (χ1) is 7.74. The number of nitrogens with one attached hydrogen (secondary N) is 2. The van der Waals surface area contributed by atoms with Crippen molar-refractivity contribution in [1.29, 1.82) is 0 Å². The van der Waals surface area contributed by atoms with E-state index in [1.165, 1.54) is 18.9 Å². The number of hydrogen-bond acceptors (Lipinski definition) is 2. The topological polar surface area (TPSA) is 24.1 Å². The Kier molecular flexibility index (Phi) is 3.91. The minimum atomic E-state index is -0.164. The SMILES string of the molecule is CC(CNC1CC1)NCc1cccc(F)c1. The van der Waals surface area contributed by atoms with E-state index in [-0.39, 0.29) is 5.82 Å². The molecule has 1 saturated carbocycles. The molecule has 1 aliphatic carbocycles. The van der Waals surface area contributed by atoms with Gasteiger partial charge in [-0.25, -0.2) is 4.39 Å². The predicted octanol–water partition coefficient (Wildman–Crippen LogP) is 2.06. The van der Waals surface area contributed by atoms with E-state index in [0.717, 1.165) is 24.7 Å². The van der Waals surface area contributed by atoms with Crippen molar-refractivity contribution >= 4 is 0 Å². The number of halogens is 1. The average Bonchev–Trinajstić information content (AvgIpc) is 3.07. The Labute approximate surface area is 96.2 Å². The van der Waals surface area contributed by atoms with Crippen molar-refractivity contribution < 1.29 is 4.39 Å². The first-order valence-electron chi connectivity index (χ1n) is 5.95. The van der Waals surface area contributed by atoms with Crippen LogP contribution in [0.5, 0.6) is 0 Å². The predicted molar refractivity (Wildman–Crippen MR) is 63.7 cm³/mol. The summed E-state index contributed by atoms with van der Waals surface area (Å²) in [6, 6.07) is 7.91. The van der Waals surface area contributed by atoms with Crippen LogP contribution in [0.4, 0.5) is 4.39 Å². The Morgan fingerprint density at radius 2 is 2.25 bits per heavy atom. The molecule has 2 rings (SSSR count). The second kappa shape index (κ2) is 5.41. The largest absolute Gasteiger partial charge is 0.312 e. The van der Waals surface area contributed by atoms with Crippen LogP contribution in [0.3, 0.4) is 0 Å². The van der Waals surface area contributed by atoms with Gasteiger partial charge >= 0.3 is 0 Å². The van der Waals surface area contributed by atoms with Crippen molar-refractivity contribution in [2.45, 2.75) is 38.4 Å². The van der Waals surface area contributed by atoms with Gasteiger partial charge in [-0.1, -0.05) is 12.1 Å². The Bertz CT molecular complexity index is 336. The number of rotatable bonds is 6. The Hall–Kier alpha value is -0.930. The highest BCUT2D eigenvalue weighted by molar-refractivity contribution is 5.16. The summed E-state index contributed by atoms with van der Waals surface area (Å²) in [5, 5.41) is 6.85. The second-order valence-corrected chi connectivity index (χ2v) is 4.59. The van der Waals surface area contributed by atoms with Gasteiger partial charge in [-0.05, 0) is 37.5 Å². The fraction of sp³-hybridized carbons (Fsp3) is 0.538. The van der Waals surface area contributed by atoms with Gasteiger partial charge in [0.2, 0.25) is 0 Å². The van der Waals surface area contributed by atoms with Crippen LogP contribution < -0.4 is 10.6 Å². The molecule has 3 heteroatoms. The van der Waals surface area contributed by atoms with Crippen LogP contribution in [0.25, 0.3) is 0 Å². The normalized spacial score (nSPS) is 17.4. The summed E-state index contributed by atoms with van der Waals surface area (Å²) < 4.78 is 12.9. The first kappa shape index (κ1) is 11.6. The van der Waals surface area contributed by atoms with Gasteiger partial charge in [0.05, 0.1) is 0 Å². The molecule has 0 radical (unpaired) electrons. The summed E-state index contributed by atoms with van der Waals surface area (Å²) in [4.78, 5) is 0. The highest BCUT2D eigenvalue weighted by Crippen LogP contribution is 2.18. The summed E-state index contributed by atoms with van der Waals surface area (Å²) in [5.41, 5.74) is 0.998. The highest BCUT2D eigenvalue weighted by Gasteiger charge is 2.20. The van der Waals surface area contributed by atoms with E-state index in [4.69, 9.17) is 0 Å². The molecule has 0 heterocycles. The van der Waals surface area contributed by atoms with Gasteiger partial charge in [0.25, 0.3) is 0 Å². The smallest absolute Gasteiger partial charge is 0.123 e. The van der Waals surface area contributed by atoms with Crippen molar-refractivity contribution in [2.75, 3.05) is 6.54 Å². The van der Waals surface area contributed by atoms with E-state index in [2.05, 4.69) is 17.6 Å². The van der Waals surface area contributed by atoms with Gasteiger partial charge in [0.1, 0.15) is 5.82 Å². The van der Waals surface area contributed by atoms with Crippen molar-refractivity contribution in [2.24, 2.45) is 0 Å². The molecular weight excluding hydrogens is 203 g/mol. The molecule has 0 saturated heterocycles. The van der Waals surface area contributed by atoms with E-state index in [9.17, 15) is 4.39 Å². The van der Waals surface area contributed by atoms with E-state index in [0.29, 0.717) is 6.04 Å². The lowest BCUT2D eigenvalue weighted by Gasteiger charge is -2.14. The molecule has 88 valence electrons. The third-order valence-corrected chi connectivity index (χ3v) is 2.83. The van der Waals surface area contributed by atoms with Gasteiger partial charge in [0.15, 0.2) is 0 Å². The van der Waals surface area contributed by atoms with Gasteiger partial charge in [-0.15, -0.1) is 0 Å². The van der Waals surface area contributed by atoms with Crippen LogP contribution in [-0.4, -0.2) is 18.6 Å². The van der Waals surface area contributed by atoms with Gasteiger partial charge in [-0.2, -0.15) is 0 Å². The van der Waals surface area contributed by atoms with Crippen molar-refractivity contribution in [1.82, 2.24) is 10.6 Å². The maximum Gasteiger partial charge on any atom is 0.123 e. The third-order valence-electron chi connectivity index (χ3n) is 2.83. The summed E-state index contributed by atoms with van der Waals surface area (Å²) in [7, 11) is 0. The van der Waals surface area contributed by atoms with Crippen LogP contribution in [-0.2, 0) is 6.54 Å². The molecule has 1 atom stereocenters. The molecule has 2 N–H and O–H groups in total. The first-order valence-corrected chi connectivity index (χ1v) is 5.95. The molecule has 0 aliphatic heterocycles. The molecule has 2 nitrogen and oxygen atoms in total. The zero-order valence-electron chi connectivity index (χ0n) is 9.67. The summed E-state index contributed by atoms with van der Waals surface area (Å²) >= 11 is 0. The monoisotopic (exact) mass is 222 g/mol. The van der Waals surface area contributed by atoms with Crippen LogP contribution in [0.15, 0.2) is 24.3 Å². The minimum Gasteiger partial charge on any atom is -0.312 e. The molecule has 1 fully saturated rings. The number of hydrogen-bond donors (Lipinski definition) is 2. The number of benzene rings is 1. The van der Waals surface area contributed by atoms with Gasteiger partial charge < -0.3 is 10.6 Å². The fourth-order valence-electron chi connectivity index (χ4n) is 1.64. The summed E-state index contributed by atoms with van der Waals surface area (Å²) in [6.07, 6.45) is 2.63. The molecule has 1 aliphatic rings. The molecule has 0 aromatic heterocycles. The molecule has 0 amide bonds. The Morgan fingerprint density at radius 1 is 1.44 bits per heavy atom. The van der Waals surface area contributed by atoms with E-state index in [1.807, 2.05) is 6.07 Å². The lowest BCUT2D eigenvalue weighted by molar-refractivity contribution is 0.499. The van der Waals surface area contributed by atoms with Crippen LogP contribution in [0, 0.1) is 5.82 Å². The lowest BCUT2D eigenvalue weighted by atomic mass is 10.2. The third kappa shape index (κ3) is 3.91. The maximum absolute atomic E-state index is 12.9. The van der Waals surface area contributed by atoms with Crippen molar-refractivity contribution in [3.8, 4) is 0 Å². The second-order valence-electron chi connectivity index (χ2n) is 4.59. The molecule has 1 unspecified atom stereocenters. The molecule has 0 bridgehead atoms. The fourth-order valence-corrected chi connectivity index (χ4v) is 1.64. The lowest BCUT2D eigenvalue weighted by Crippen LogP contribution is -2.36. The molecule has 1 aromatic carbocycles. The van der Waals surface area contributed by atoms with Crippen molar-refractivity contribution in [3.05, 3.63) is 35.6 Å². The van der Waals surface area contributed by atoms with E-state index >= 15 is 0 Å². The van der Waals surface area contributed by atoms with Gasteiger partial charge in [-0.3, -0.25) is 0 Å². The van der Waals surface area contributed by atoms with E-state index < -0.39 is 0 Å². The molecular formula is C13H19FN2. The van der Waals surface area contributed by atoms with Gasteiger partial charge in [0, 0.05) is 25.2 Å². The Balaban J connectivity index is 1.69. The van der Waals surface area contributed by atoms with Crippen LogP contribution in [0.1, 0.15) is 25.3 Å². The van der Waals surface area contributed by atoms with E-state index in [1.54, 1.807) is 12.1 Å². The minimum absolute atomic E-state index is 0.164. The van der Waals surface area contributed by atoms with Crippen LogP contribution >= 0.6 is 0 Å². The zero-order valence-corrected chi connectivity index (χ0v) is 9.67. The maximum atomic E-state index is 12.9.